The fourth-order valence-corrected chi connectivity index (χ4v) is 3.31. The molecule has 0 saturated heterocycles. The van der Waals surface area contributed by atoms with Gasteiger partial charge in [0.05, 0.1) is 23.5 Å². The second-order valence-electron chi connectivity index (χ2n) is 3.61. The summed E-state index contributed by atoms with van der Waals surface area (Å²) in [4.78, 5) is 32.0. The van der Waals surface area contributed by atoms with Gasteiger partial charge in [-0.05, 0) is 12.1 Å². The first-order valence-corrected chi connectivity index (χ1v) is 8.04. The van der Waals surface area contributed by atoms with Gasteiger partial charge in [-0.3, -0.25) is 10.1 Å². The minimum atomic E-state index is -0.648. The molecule has 0 unspecified atom stereocenters. The number of thiophene rings is 2. The van der Waals surface area contributed by atoms with Gasteiger partial charge in [-0.1, -0.05) is 23.2 Å². The zero-order valence-corrected chi connectivity index (χ0v) is 14.8. The normalized spacial score (nSPS) is 9.57. The van der Waals surface area contributed by atoms with Crippen molar-refractivity contribution in [2.24, 2.45) is 0 Å². The van der Waals surface area contributed by atoms with Crippen LogP contribution >= 0.6 is 45.9 Å². The summed E-state index contributed by atoms with van der Waals surface area (Å²) in [6, 6.07) is 4.40. The monoisotopic (exact) mass is 397 g/mol. The first-order chi connectivity index (χ1) is 10.8. The Kier molecular flexibility index (Phi) is 7.43. The molecule has 7 nitrogen and oxygen atoms in total. The average Bonchev–Trinajstić information content (AvgIpc) is 3.12. The zero-order valence-electron chi connectivity index (χ0n) is 11.7. The number of carbonyl (C=O) groups is 2. The lowest BCUT2D eigenvalue weighted by atomic mass is 10.4. The minimum absolute atomic E-state index is 0.0228. The molecule has 23 heavy (non-hydrogen) atoms. The Morgan fingerprint density at radius 2 is 1.65 bits per heavy atom. The van der Waals surface area contributed by atoms with Gasteiger partial charge in [0.2, 0.25) is 0 Å². The van der Waals surface area contributed by atoms with Gasteiger partial charge in [0.25, 0.3) is 5.69 Å². The maximum atomic E-state index is 10.9. The largest absolute Gasteiger partial charge is 0.465 e. The molecule has 0 radical (unpaired) electrons. The summed E-state index contributed by atoms with van der Waals surface area (Å²) in [5.41, 5.74) is -0.271. The van der Waals surface area contributed by atoms with Crippen molar-refractivity contribution in [2.45, 2.75) is 0 Å². The number of rotatable bonds is 3. The highest BCUT2D eigenvalue weighted by Crippen LogP contribution is 2.33. The number of ether oxygens (including phenoxy) is 2. The average molecular weight is 398 g/mol. The molecule has 0 spiro atoms. The summed E-state index contributed by atoms with van der Waals surface area (Å²) in [5.74, 6) is -0.961. The zero-order chi connectivity index (χ0) is 17.6. The van der Waals surface area contributed by atoms with Crippen molar-refractivity contribution >= 4 is 63.5 Å². The third-order valence-electron chi connectivity index (χ3n) is 2.21. The Morgan fingerprint density at radius 3 is 2.04 bits per heavy atom. The number of halogens is 2. The van der Waals surface area contributed by atoms with Crippen molar-refractivity contribution in [1.29, 1.82) is 0 Å². The van der Waals surface area contributed by atoms with Crippen LogP contribution in [0.5, 0.6) is 0 Å². The van der Waals surface area contributed by atoms with Gasteiger partial charge in [0.1, 0.15) is 9.75 Å². The molecule has 2 heterocycles. The van der Waals surface area contributed by atoms with Gasteiger partial charge < -0.3 is 9.47 Å². The van der Waals surface area contributed by atoms with Crippen LogP contribution in [-0.2, 0) is 9.47 Å². The van der Waals surface area contributed by atoms with Crippen molar-refractivity contribution in [3.05, 3.63) is 46.7 Å². The molecule has 0 aliphatic heterocycles. The van der Waals surface area contributed by atoms with Gasteiger partial charge in [-0.2, -0.15) is 0 Å². The standard InChI is InChI=1S/C6H4ClNO4S.C6H5ClO2S/c1-12-6(9)4-2-3(8(10)11)5(7)13-4;1-9-6(8)4-2-3-5(7)10-4/h2H,1H3;2-3H,1H3. The van der Waals surface area contributed by atoms with Gasteiger partial charge in [-0.15, -0.1) is 22.7 Å². The predicted molar refractivity (Wildman–Crippen MR) is 88.0 cm³/mol. The Balaban J connectivity index is 0.000000238. The molecule has 0 amide bonds. The van der Waals surface area contributed by atoms with Crippen LogP contribution in [-0.4, -0.2) is 31.1 Å². The predicted octanol–water partition coefficient (Wildman–Crippen LogP) is 4.28. The number of esters is 2. The maximum absolute atomic E-state index is 10.9. The fraction of sp³-hybridized carbons (Fsp3) is 0.167. The summed E-state index contributed by atoms with van der Waals surface area (Å²) < 4.78 is 9.41. The van der Waals surface area contributed by atoms with Crippen LogP contribution in [0, 0.1) is 10.1 Å². The molecule has 0 fully saturated rings. The van der Waals surface area contributed by atoms with Crippen LogP contribution in [0.4, 0.5) is 5.69 Å². The number of carbonyl (C=O) groups excluding carboxylic acids is 2. The van der Waals surface area contributed by atoms with E-state index in [1.54, 1.807) is 12.1 Å². The first kappa shape index (κ1) is 19.4. The van der Waals surface area contributed by atoms with E-state index < -0.39 is 10.9 Å². The molecule has 0 bridgehead atoms. The molecule has 124 valence electrons. The van der Waals surface area contributed by atoms with E-state index in [-0.39, 0.29) is 20.9 Å². The summed E-state index contributed by atoms with van der Waals surface area (Å²) in [5, 5.41) is 10.3. The van der Waals surface area contributed by atoms with Crippen LogP contribution < -0.4 is 0 Å². The van der Waals surface area contributed by atoms with Crippen LogP contribution in [0.25, 0.3) is 0 Å². The number of hydrogen-bond donors (Lipinski definition) is 0. The van der Waals surface area contributed by atoms with Crippen LogP contribution in [0.1, 0.15) is 19.3 Å². The van der Waals surface area contributed by atoms with Gasteiger partial charge in [0.15, 0.2) is 4.34 Å². The van der Waals surface area contributed by atoms with Crippen LogP contribution in [0.15, 0.2) is 18.2 Å². The van der Waals surface area contributed by atoms with E-state index in [4.69, 9.17) is 23.2 Å². The van der Waals surface area contributed by atoms with E-state index >= 15 is 0 Å². The van der Waals surface area contributed by atoms with Crippen molar-refractivity contribution in [2.75, 3.05) is 14.2 Å². The molecule has 0 N–H and O–H groups in total. The van der Waals surface area contributed by atoms with E-state index in [0.717, 1.165) is 17.4 Å². The van der Waals surface area contributed by atoms with Crippen LogP contribution in [0.3, 0.4) is 0 Å². The van der Waals surface area contributed by atoms with Crippen molar-refractivity contribution in [3.63, 3.8) is 0 Å². The number of hydrogen-bond acceptors (Lipinski definition) is 8. The molecule has 0 aliphatic carbocycles. The summed E-state index contributed by atoms with van der Waals surface area (Å²) in [6.45, 7) is 0. The molecular formula is C12H9Cl2NO6S2. The Morgan fingerprint density at radius 1 is 1.09 bits per heavy atom. The minimum Gasteiger partial charge on any atom is -0.465 e. The highest BCUT2D eigenvalue weighted by molar-refractivity contribution is 7.18. The lowest BCUT2D eigenvalue weighted by Crippen LogP contribution is -1.97. The van der Waals surface area contributed by atoms with E-state index in [2.05, 4.69) is 9.47 Å². The fourth-order valence-electron chi connectivity index (χ4n) is 1.21. The highest BCUT2D eigenvalue weighted by atomic mass is 35.5. The van der Waals surface area contributed by atoms with Gasteiger partial charge >= 0.3 is 11.9 Å². The molecule has 2 aromatic heterocycles. The summed E-state index contributed by atoms with van der Waals surface area (Å²) in [7, 11) is 2.54. The lowest BCUT2D eigenvalue weighted by Gasteiger charge is -1.90. The molecule has 0 saturated carbocycles. The maximum Gasteiger partial charge on any atom is 0.348 e. The van der Waals surface area contributed by atoms with E-state index in [0.29, 0.717) is 9.21 Å². The molecule has 2 rings (SSSR count). The third-order valence-corrected chi connectivity index (χ3v) is 4.74. The third kappa shape index (κ3) is 5.47. The Labute approximate surface area is 148 Å². The lowest BCUT2D eigenvalue weighted by molar-refractivity contribution is -0.384. The number of nitrogens with zero attached hydrogens (tertiary/aromatic N) is 1. The number of nitro groups is 1. The Hall–Kier alpha value is -1.68. The van der Waals surface area contributed by atoms with E-state index in [1.165, 1.54) is 25.6 Å². The summed E-state index contributed by atoms with van der Waals surface area (Å²) in [6.07, 6.45) is 0. The van der Waals surface area contributed by atoms with Crippen LogP contribution in [0.2, 0.25) is 8.67 Å². The molecule has 0 aliphatic rings. The Bertz CT molecular complexity index is 727. The molecule has 0 aromatic carbocycles. The van der Waals surface area contributed by atoms with Crippen molar-refractivity contribution in [3.8, 4) is 0 Å². The first-order valence-electron chi connectivity index (χ1n) is 5.65. The molecular weight excluding hydrogens is 389 g/mol. The van der Waals surface area contributed by atoms with Gasteiger partial charge in [0, 0.05) is 6.07 Å². The van der Waals surface area contributed by atoms with Crippen molar-refractivity contribution in [1.82, 2.24) is 0 Å². The number of methoxy groups -OCH3 is 2. The smallest absolute Gasteiger partial charge is 0.348 e. The molecule has 2 aromatic rings. The second kappa shape index (κ2) is 8.82. The van der Waals surface area contributed by atoms with Crippen molar-refractivity contribution < 1.29 is 24.0 Å². The summed E-state index contributed by atoms with van der Waals surface area (Å²) >= 11 is 13.1. The molecule has 11 heteroatoms. The molecule has 0 atom stereocenters. The highest BCUT2D eigenvalue weighted by Gasteiger charge is 2.21. The van der Waals surface area contributed by atoms with E-state index in [9.17, 15) is 19.7 Å². The second-order valence-corrected chi connectivity index (χ2v) is 6.98. The SMILES string of the molecule is COC(=O)c1cc([N+](=O)[O-])c(Cl)s1.COC(=O)c1ccc(Cl)s1. The van der Waals surface area contributed by atoms with Gasteiger partial charge in [-0.25, -0.2) is 9.59 Å². The van der Waals surface area contributed by atoms with E-state index in [1.807, 2.05) is 0 Å². The quantitative estimate of drug-likeness (QED) is 0.435. The topological polar surface area (TPSA) is 95.7 Å².